The number of halogens is 3. The Kier molecular flexibility index (Phi) is 30.6. The molecule has 6 heterocycles. The lowest BCUT2D eigenvalue weighted by atomic mass is 9.99. The van der Waals surface area contributed by atoms with E-state index in [-0.39, 0.29) is 85.9 Å². The molecule has 4 aliphatic carbocycles. The van der Waals surface area contributed by atoms with Crippen molar-refractivity contribution < 1.29 is 83.6 Å². The molecule has 8 aliphatic rings. The quantitative estimate of drug-likeness (QED) is 0.0462. The van der Waals surface area contributed by atoms with E-state index in [1.165, 1.54) is 9.80 Å². The molecule has 4 saturated heterocycles. The summed E-state index contributed by atoms with van der Waals surface area (Å²) in [4.78, 5) is 121. The summed E-state index contributed by atoms with van der Waals surface area (Å²) in [6, 6.07) is 30.3. The zero-order valence-corrected chi connectivity index (χ0v) is 72.8. The monoisotopic (exact) mass is 1740 g/mol. The number of hydrogen-bond donors (Lipinski definition) is 6. The number of sulfonamides is 2. The van der Waals surface area contributed by atoms with Gasteiger partial charge in [0.05, 0.1) is 79.5 Å². The van der Waals surface area contributed by atoms with Gasteiger partial charge in [0.15, 0.2) is 0 Å². The molecule has 119 heavy (non-hydrogen) atoms. The van der Waals surface area contributed by atoms with Crippen molar-refractivity contribution in [3.05, 3.63) is 109 Å². The highest BCUT2D eigenvalue weighted by atomic mass is 35.5. The van der Waals surface area contributed by atoms with Gasteiger partial charge in [-0.25, -0.2) is 36.4 Å². The van der Waals surface area contributed by atoms with E-state index >= 15 is 0 Å². The molecule has 648 valence electrons. The molecule has 7 N–H and O–H groups in total. The molecule has 10 atom stereocenters. The Morgan fingerprint density at radius 1 is 0.529 bits per heavy atom. The van der Waals surface area contributed by atoms with Crippen LogP contribution in [0.3, 0.4) is 0 Å². The predicted molar refractivity (Wildman–Crippen MR) is 456 cm³/mol. The number of carbonyl (C=O) groups is 8. The fourth-order valence-corrected chi connectivity index (χ4v) is 18.6. The molecule has 6 aromatic rings. The lowest BCUT2D eigenvalue weighted by molar-refractivity contribution is -0.141. The van der Waals surface area contributed by atoms with Crippen LogP contribution in [-0.2, 0) is 58.3 Å². The van der Waals surface area contributed by atoms with Crippen LogP contribution in [0.15, 0.2) is 109 Å². The minimum Gasteiger partial charge on any atom is -0.497 e. The highest BCUT2D eigenvalue weighted by Crippen LogP contribution is 2.50. The van der Waals surface area contributed by atoms with Gasteiger partial charge in [-0.2, -0.15) is 0 Å². The first kappa shape index (κ1) is 92.5. The number of pyridine rings is 2. The molecule has 28 nitrogen and oxygen atoms in total. The molecular formula is C86H113Cl3N10O18S2. The van der Waals surface area contributed by atoms with E-state index in [1.54, 1.807) is 14.2 Å². The van der Waals surface area contributed by atoms with Gasteiger partial charge < -0.3 is 59.9 Å². The lowest BCUT2D eigenvalue weighted by Crippen LogP contribution is -2.58. The first-order chi connectivity index (χ1) is 55.6. The van der Waals surface area contributed by atoms with Crippen molar-refractivity contribution in [1.29, 1.82) is 0 Å². The number of nitrogens with one attached hydrogen (secondary N) is 5. The van der Waals surface area contributed by atoms with Crippen LogP contribution in [0.25, 0.3) is 44.3 Å². The maximum atomic E-state index is 14.7. The number of carbonyl (C=O) groups excluding carboxylic acids is 8. The minimum absolute atomic E-state index is 0. The summed E-state index contributed by atoms with van der Waals surface area (Å²) in [6.45, 7) is 12.3. The Hall–Kier alpha value is -8.81. The van der Waals surface area contributed by atoms with Gasteiger partial charge in [0.1, 0.15) is 64.4 Å². The Bertz CT molecular complexity index is 4880. The third-order valence-corrected chi connectivity index (χ3v) is 26.5. The van der Waals surface area contributed by atoms with Gasteiger partial charge in [0.2, 0.25) is 43.7 Å². The third-order valence-electron chi connectivity index (χ3n) is 22.8. The van der Waals surface area contributed by atoms with Crippen LogP contribution >= 0.6 is 36.4 Å². The first-order valence-corrected chi connectivity index (χ1v) is 44.4. The number of nitrogens with two attached hydrogens (primary N) is 1. The second-order valence-electron chi connectivity index (χ2n) is 34.8. The molecule has 2 aromatic heterocycles. The number of methoxy groups -OCH3 is 2. The normalized spacial score (nSPS) is 25.0. The third kappa shape index (κ3) is 23.9. The van der Waals surface area contributed by atoms with E-state index in [0.717, 1.165) is 74.3 Å². The van der Waals surface area contributed by atoms with Gasteiger partial charge in [0, 0.05) is 70.6 Å². The molecule has 0 spiro atoms. The molecule has 4 aliphatic heterocycles. The van der Waals surface area contributed by atoms with Crippen LogP contribution in [0.5, 0.6) is 23.0 Å². The average Bonchev–Trinajstić information content (AvgIpc) is 1.57. The van der Waals surface area contributed by atoms with Gasteiger partial charge in [-0.15, -0.1) is 24.8 Å². The zero-order valence-electron chi connectivity index (χ0n) is 68.8. The van der Waals surface area contributed by atoms with E-state index in [4.69, 9.17) is 51.0 Å². The van der Waals surface area contributed by atoms with E-state index in [0.29, 0.717) is 128 Å². The largest absolute Gasteiger partial charge is 0.497 e. The van der Waals surface area contributed by atoms with Crippen LogP contribution in [0, 0.1) is 22.7 Å². The van der Waals surface area contributed by atoms with Crippen LogP contribution in [-0.4, -0.2) is 182 Å². The summed E-state index contributed by atoms with van der Waals surface area (Å²) in [5.41, 5.74) is 7.05. The average molecular weight is 1750 g/mol. The predicted octanol–water partition coefficient (Wildman–Crippen LogP) is 12.7. The fourth-order valence-electron chi connectivity index (χ4n) is 15.8. The van der Waals surface area contributed by atoms with E-state index in [9.17, 15) is 55.2 Å². The number of aromatic nitrogens is 2. The zero-order chi connectivity index (χ0) is 83.8. The van der Waals surface area contributed by atoms with Crippen LogP contribution < -0.4 is 50.1 Å². The van der Waals surface area contributed by atoms with Crippen molar-refractivity contribution in [2.75, 3.05) is 40.5 Å². The van der Waals surface area contributed by atoms with Crippen LogP contribution in [0.2, 0.25) is 0 Å². The number of nitrogens with zero attached hydrogens (tertiary/aromatic N) is 4. The summed E-state index contributed by atoms with van der Waals surface area (Å²) < 4.78 is 90.3. The topological polar surface area (TPSA) is 379 Å². The summed E-state index contributed by atoms with van der Waals surface area (Å²) in [7, 11) is -4.53. The molecule has 8 fully saturated rings. The van der Waals surface area contributed by atoms with Gasteiger partial charge >= 0.3 is 11.5 Å². The fraction of sp³-hybridized carbons (Fsp3) is 0.558. The molecule has 33 heteroatoms. The van der Waals surface area contributed by atoms with Gasteiger partial charge in [-0.3, -0.25) is 38.2 Å². The number of rotatable bonds is 17. The van der Waals surface area contributed by atoms with Crippen molar-refractivity contribution in [2.45, 2.75) is 241 Å². The number of benzene rings is 4. The van der Waals surface area contributed by atoms with Gasteiger partial charge in [0.25, 0.3) is 11.8 Å². The molecule has 14 rings (SSSR count). The smallest absolute Gasteiger partial charge is 0.407 e. The highest BCUT2D eigenvalue weighted by Gasteiger charge is 2.64. The summed E-state index contributed by atoms with van der Waals surface area (Å²) in [5.74, 6) is -1.48. The summed E-state index contributed by atoms with van der Waals surface area (Å²) in [5, 5.41) is 8.97. The number of fused-ring (bicyclic) bond motifs is 6. The number of ether oxygens (including phenoxy) is 6. The van der Waals surface area contributed by atoms with Gasteiger partial charge in [-0.05, 0) is 111 Å². The Morgan fingerprint density at radius 3 is 1.32 bits per heavy atom. The highest BCUT2D eigenvalue weighted by molar-refractivity contribution is 7.91. The first-order valence-electron chi connectivity index (χ1n) is 41.0. The maximum absolute atomic E-state index is 14.7. The second-order valence-corrected chi connectivity index (χ2v) is 39.0. The molecular weight excluding hydrogens is 1630 g/mol. The molecule has 0 bridgehead atoms. The SMILES string of the molecule is CC(C)(C)COC(=O)Cl.COc1ccc2c(O[C@@H]3C[C@H]4C(=O)N[C@]5(C(=O)NS(=O)(=O)C6CC6)CC5CCCCCCC[C@H](N)C(=O)N4C3)cc(-c3ccccc3)nc2c1.COc1ccc2c(O[C@@H]3C[C@H]4C(=O)N[C@]5(C(=O)NS(=O)(=O)C6CC6)CC5CCCCCCC[C@H](NC(=O)OCC(C)(C)C)C(=O)N4C3)cc(-c3ccccc3)nc2c1.Cl.Cl. The standard InChI is InChI=1S/C43H55N5O9S.C37H45N5O7S.C6H11ClO2.2ClH/c1-42(2,3)26-56-41(52)45-33-16-12-7-5-6-11-15-28-24-43(28,40(51)47-58(53,54)31-18-19-31)46-38(49)36-22-30(25-48(36)39(33)50)57-37-23-34(27-13-9-8-10-14-27)44-35-21-29(55-4)17-20-32(35)37;1-48-25-14-17-28-31(18-25)39-30(23-10-6-5-7-11-23)20-33(28)49-26-19-32-34(43)40-37(36(45)41-50(46,47)27-15-16-27)21-24(37)12-8-3-2-4-9-13-29(38)35(44)42(32)22-26;1-6(2,3)4-9-5(7)8;;/h8-10,13-14,17,20-21,23,28,30-31,33,36H,5-7,11-12,15-16,18-19,22,24-26H2,1-4H3,(H,45,52)(H,46,49)(H,47,51);5-7,10-11,14,17-18,20,24,26-27,29,32H,2-4,8-9,12-13,15-16,19,21-22,38H2,1H3,(H,40,43)(H,41,45);4H2,1-3H3;2*1H/t28?,30-,33+,36+,43-;24?,26-,29+,32+,37-;;;/m11.../s1. The van der Waals surface area contributed by atoms with Crippen LogP contribution in [0.1, 0.15) is 183 Å². The molecule has 7 amide bonds. The lowest BCUT2D eigenvalue weighted by Gasteiger charge is -2.30. The van der Waals surface area contributed by atoms with E-state index < -0.39 is 119 Å². The van der Waals surface area contributed by atoms with Crippen molar-refractivity contribution in [1.82, 2.24) is 45.2 Å². The van der Waals surface area contributed by atoms with Gasteiger partial charge in [-0.1, -0.05) is 166 Å². The van der Waals surface area contributed by atoms with E-state index in [1.807, 2.05) is 151 Å². The maximum Gasteiger partial charge on any atom is 0.407 e. The molecule has 2 unspecified atom stereocenters. The Labute approximate surface area is 714 Å². The van der Waals surface area contributed by atoms with Crippen molar-refractivity contribution in [2.24, 2.45) is 28.4 Å². The summed E-state index contributed by atoms with van der Waals surface area (Å²) >= 11 is 4.92. The number of hydrogen-bond acceptors (Lipinski definition) is 21. The molecule has 0 radical (unpaired) electrons. The van der Waals surface area contributed by atoms with Crippen molar-refractivity contribution >= 4 is 125 Å². The van der Waals surface area contributed by atoms with Crippen molar-refractivity contribution in [3.63, 3.8) is 0 Å². The number of amides is 7. The van der Waals surface area contributed by atoms with E-state index in [2.05, 4.69) is 30.1 Å². The van der Waals surface area contributed by atoms with Crippen molar-refractivity contribution in [3.8, 4) is 45.5 Å². The second kappa shape index (κ2) is 39.4. The Balaban J connectivity index is 0.000000225. The summed E-state index contributed by atoms with van der Waals surface area (Å²) in [6.07, 6.45) is 11.6. The molecule has 4 aromatic carbocycles. The Morgan fingerprint density at radius 2 is 0.924 bits per heavy atom. The minimum atomic E-state index is -3.88. The molecule has 4 saturated carbocycles. The van der Waals surface area contributed by atoms with Crippen LogP contribution in [0.4, 0.5) is 9.59 Å². The number of alkyl carbamates (subject to hydrolysis) is 1.